The summed E-state index contributed by atoms with van der Waals surface area (Å²) in [5.41, 5.74) is 5.96. The highest BCUT2D eigenvalue weighted by Crippen LogP contribution is 2.41. The molecule has 5 heteroatoms. The summed E-state index contributed by atoms with van der Waals surface area (Å²) in [5.74, 6) is 1.12. The summed E-state index contributed by atoms with van der Waals surface area (Å²) in [6.07, 6.45) is 2.20. The molecule has 0 aromatic carbocycles. The Hall–Kier alpha value is -1.20. The fourth-order valence-corrected chi connectivity index (χ4v) is 1.78. The maximum atomic E-state index is 11.4. The Bertz CT molecular complexity index is 412. The van der Waals surface area contributed by atoms with Gasteiger partial charge in [0.25, 0.3) is 5.56 Å². The lowest BCUT2D eigenvalue weighted by atomic mass is 10.2. The van der Waals surface area contributed by atoms with Crippen LogP contribution in [0.15, 0.2) is 10.9 Å². The lowest BCUT2D eigenvalue weighted by Gasteiger charge is -2.15. The van der Waals surface area contributed by atoms with Crippen LogP contribution < -0.4 is 11.3 Å². The molecule has 1 saturated carbocycles. The number of nitrogens with zero attached hydrogens (tertiary/aromatic N) is 1. The van der Waals surface area contributed by atoms with E-state index in [0.29, 0.717) is 24.0 Å². The molecule has 1 aromatic rings. The monoisotopic (exact) mass is 223 g/mol. The standard InChI is InChI=1S/C11H17N3O2/c1-2-16-10(7-3-4-7)11-13-8(6-12)5-9(15)14-11/h5,7,10H,2-4,6,12H2,1H3,(H,13,14,15). The van der Waals surface area contributed by atoms with Crippen LogP contribution in [0, 0.1) is 5.92 Å². The van der Waals surface area contributed by atoms with Gasteiger partial charge in [0.2, 0.25) is 0 Å². The van der Waals surface area contributed by atoms with Crippen LogP contribution in [0.25, 0.3) is 0 Å². The van der Waals surface area contributed by atoms with Gasteiger partial charge in [0.05, 0.1) is 5.69 Å². The van der Waals surface area contributed by atoms with Gasteiger partial charge in [0.15, 0.2) is 0 Å². The van der Waals surface area contributed by atoms with E-state index in [-0.39, 0.29) is 18.2 Å². The maximum absolute atomic E-state index is 11.4. The summed E-state index contributed by atoms with van der Waals surface area (Å²) in [6, 6.07) is 1.43. The zero-order chi connectivity index (χ0) is 11.5. The van der Waals surface area contributed by atoms with Crippen molar-refractivity contribution in [2.75, 3.05) is 6.61 Å². The maximum Gasteiger partial charge on any atom is 0.251 e. The summed E-state index contributed by atoms with van der Waals surface area (Å²) < 4.78 is 5.63. The second-order valence-corrected chi connectivity index (χ2v) is 4.04. The summed E-state index contributed by atoms with van der Waals surface area (Å²) in [7, 11) is 0. The number of nitrogens with one attached hydrogen (secondary N) is 1. The van der Waals surface area contributed by atoms with E-state index < -0.39 is 0 Å². The van der Waals surface area contributed by atoms with E-state index in [1.807, 2.05) is 6.92 Å². The topological polar surface area (TPSA) is 81.0 Å². The molecule has 2 rings (SSSR count). The van der Waals surface area contributed by atoms with Crippen LogP contribution in [-0.2, 0) is 11.3 Å². The highest BCUT2D eigenvalue weighted by molar-refractivity contribution is 5.06. The first kappa shape index (κ1) is 11.3. The molecule has 88 valence electrons. The third-order valence-corrected chi connectivity index (χ3v) is 2.69. The fourth-order valence-electron chi connectivity index (χ4n) is 1.78. The minimum Gasteiger partial charge on any atom is -0.370 e. The van der Waals surface area contributed by atoms with Crippen molar-refractivity contribution in [3.05, 3.63) is 27.9 Å². The molecule has 0 aliphatic heterocycles. The number of ether oxygens (including phenoxy) is 1. The molecule has 0 spiro atoms. The van der Waals surface area contributed by atoms with Crippen molar-refractivity contribution < 1.29 is 4.74 Å². The van der Waals surface area contributed by atoms with E-state index in [1.165, 1.54) is 6.07 Å². The minimum absolute atomic E-state index is 0.0794. The molecule has 1 atom stereocenters. The molecule has 1 fully saturated rings. The van der Waals surface area contributed by atoms with Gasteiger partial charge in [0, 0.05) is 19.2 Å². The van der Waals surface area contributed by atoms with Gasteiger partial charge in [-0.15, -0.1) is 0 Å². The first-order chi connectivity index (χ1) is 7.74. The Balaban J connectivity index is 2.28. The van der Waals surface area contributed by atoms with Crippen LogP contribution >= 0.6 is 0 Å². The van der Waals surface area contributed by atoms with Crippen LogP contribution in [0.3, 0.4) is 0 Å². The number of nitrogens with two attached hydrogens (primary N) is 1. The summed E-state index contributed by atoms with van der Waals surface area (Å²) in [5, 5.41) is 0. The molecule has 0 bridgehead atoms. The smallest absolute Gasteiger partial charge is 0.251 e. The van der Waals surface area contributed by atoms with E-state index in [4.69, 9.17) is 10.5 Å². The molecule has 1 aliphatic carbocycles. The largest absolute Gasteiger partial charge is 0.370 e. The number of hydrogen-bond acceptors (Lipinski definition) is 4. The molecule has 16 heavy (non-hydrogen) atoms. The normalized spacial score (nSPS) is 17.4. The first-order valence-electron chi connectivity index (χ1n) is 5.66. The average Bonchev–Trinajstić information content (AvgIpc) is 3.08. The number of rotatable bonds is 5. The van der Waals surface area contributed by atoms with E-state index in [2.05, 4.69) is 9.97 Å². The molecular formula is C11H17N3O2. The molecule has 1 heterocycles. The molecule has 0 radical (unpaired) electrons. The van der Waals surface area contributed by atoms with Crippen LogP contribution in [-0.4, -0.2) is 16.6 Å². The molecule has 1 aromatic heterocycles. The molecule has 0 amide bonds. The van der Waals surface area contributed by atoms with Crippen LogP contribution in [0.2, 0.25) is 0 Å². The van der Waals surface area contributed by atoms with Crippen LogP contribution in [0.4, 0.5) is 0 Å². The predicted molar refractivity (Wildman–Crippen MR) is 59.8 cm³/mol. The molecular weight excluding hydrogens is 206 g/mol. The Kier molecular flexibility index (Phi) is 3.36. The second-order valence-electron chi connectivity index (χ2n) is 4.04. The van der Waals surface area contributed by atoms with Crippen molar-refractivity contribution in [3.8, 4) is 0 Å². The number of hydrogen-bond donors (Lipinski definition) is 2. The first-order valence-corrected chi connectivity index (χ1v) is 5.66. The van der Waals surface area contributed by atoms with Crippen molar-refractivity contribution in [2.45, 2.75) is 32.4 Å². The SMILES string of the molecule is CCOC(c1nc(CN)cc(=O)[nH]1)C1CC1. The van der Waals surface area contributed by atoms with E-state index in [1.54, 1.807) is 0 Å². The van der Waals surface area contributed by atoms with Gasteiger partial charge in [-0.25, -0.2) is 4.98 Å². The lowest BCUT2D eigenvalue weighted by Crippen LogP contribution is -2.19. The van der Waals surface area contributed by atoms with Gasteiger partial charge in [0.1, 0.15) is 11.9 Å². The zero-order valence-electron chi connectivity index (χ0n) is 9.40. The van der Waals surface area contributed by atoms with Gasteiger partial charge in [-0.2, -0.15) is 0 Å². The van der Waals surface area contributed by atoms with Gasteiger partial charge in [-0.1, -0.05) is 0 Å². The van der Waals surface area contributed by atoms with Gasteiger partial charge in [-0.05, 0) is 25.7 Å². The summed E-state index contributed by atoms with van der Waals surface area (Å²) >= 11 is 0. The van der Waals surface area contributed by atoms with Gasteiger partial charge in [-0.3, -0.25) is 4.79 Å². The quantitative estimate of drug-likeness (QED) is 0.770. The Morgan fingerprint density at radius 1 is 1.69 bits per heavy atom. The minimum atomic E-state index is -0.157. The number of aromatic amines is 1. The molecule has 0 saturated heterocycles. The highest BCUT2D eigenvalue weighted by atomic mass is 16.5. The molecule has 5 nitrogen and oxygen atoms in total. The van der Waals surface area contributed by atoms with Crippen molar-refractivity contribution in [1.29, 1.82) is 0 Å². The van der Waals surface area contributed by atoms with Crippen molar-refractivity contribution in [1.82, 2.24) is 9.97 Å². The van der Waals surface area contributed by atoms with E-state index in [0.717, 1.165) is 12.8 Å². The lowest BCUT2D eigenvalue weighted by molar-refractivity contribution is 0.0397. The van der Waals surface area contributed by atoms with Crippen molar-refractivity contribution in [2.24, 2.45) is 11.7 Å². The second kappa shape index (κ2) is 4.76. The zero-order valence-corrected chi connectivity index (χ0v) is 9.40. The summed E-state index contributed by atoms with van der Waals surface area (Å²) in [4.78, 5) is 18.5. The number of aromatic nitrogens is 2. The van der Waals surface area contributed by atoms with Crippen LogP contribution in [0.5, 0.6) is 0 Å². The highest BCUT2D eigenvalue weighted by Gasteiger charge is 2.34. The van der Waals surface area contributed by atoms with Gasteiger partial charge >= 0.3 is 0 Å². The fraction of sp³-hybridized carbons (Fsp3) is 0.636. The summed E-state index contributed by atoms with van der Waals surface area (Å²) in [6.45, 7) is 2.85. The van der Waals surface area contributed by atoms with E-state index in [9.17, 15) is 4.79 Å². The third kappa shape index (κ3) is 2.48. The Labute approximate surface area is 94.0 Å². The van der Waals surface area contributed by atoms with Crippen molar-refractivity contribution >= 4 is 0 Å². The average molecular weight is 223 g/mol. The Morgan fingerprint density at radius 3 is 3.00 bits per heavy atom. The van der Waals surface area contributed by atoms with Crippen molar-refractivity contribution in [3.63, 3.8) is 0 Å². The Morgan fingerprint density at radius 2 is 2.44 bits per heavy atom. The molecule has 1 aliphatic rings. The number of H-pyrrole nitrogens is 1. The molecule has 1 unspecified atom stereocenters. The predicted octanol–water partition coefficient (Wildman–Crippen LogP) is 0.716. The third-order valence-electron chi connectivity index (χ3n) is 2.69. The molecule has 3 N–H and O–H groups in total. The van der Waals surface area contributed by atoms with Gasteiger partial charge < -0.3 is 15.5 Å². The van der Waals surface area contributed by atoms with E-state index >= 15 is 0 Å². The van der Waals surface area contributed by atoms with Crippen LogP contribution in [0.1, 0.15) is 37.4 Å².